The van der Waals surface area contributed by atoms with Gasteiger partial charge in [0.1, 0.15) is 5.25 Å². The number of nitrogens with one attached hydrogen (secondary N) is 1. The molecule has 1 aromatic carbocycles. The lowest BCUT2D eigenvalue weighted by Crippen LogP contribution is -2.42. The van der Waals surface area contributed by atoms with Crippen molar-refractivity contribution in [2.45, 2.75) is 37.0 Å². The van der Waals surface area contributed by atoms with Crippen LogP contribution in [0.4, 0.5) is 0 Å². The van der Waals surface area contributed by atoms with Crippen molar-refractivity contribution in [2.75, 3.05) is 5.75 Å². The van der Waals surface area contributed by atoms with E-state index in [1.54, 1.807) is 11.8 Å². The van der Waals surface area contributed by atoms with Crippen LogP contribution in [0.1, 0.15) is 35.6 Å². The summed E-state index contributed by atoms with van der Waals surface area (Å²) in [6, 6.07) is 7.83. The quantitative estimate of drug-likeness (QED) is 0.900. The third kappa shape index (κ3) is 2.93. The average Bonchev–Trinajstić information content (AvgIpc) is 2.95. The van der Waals surface area contributed by atoms with Gasteiger partial charge in [-0.2, -0.15) is 0 Å². The van der Waals surface area contributed by atoms with Crippen LogP contribution in [0.25, 0.3) is 0 Å². The van der Waals surface area contributed by atoms with Gasteiger partial charge in [-0.05, 0) is 36.1 Å². The summed E-state index contributed by atoms with van der Waals surface area (Å²) in [6.45, 7) is 0. The molecule has 2 N–H and O–H groups in total. The van der Waals surface area contributed by atoms with Gasteiger partial charge in [-0.1, -0.05) is 30.7 Å². The Labute approximate surface area is 128 Å². The van der Waals surface area contributed by atoms with Gasteiger partial charge in [0.25, 0.3) is 0 Å². The van der Waals surface area contributed by atoms with E-state index >= 15 is 0 Å². The van der Waals surface area contributed by atoms with Gasteiger partial charge in [0.15, 0.2) is 0 Å². The molecule has 0 aromatic heterocycles. The third-order valence-electron chi connectivity index (χ3n) is 4.39. The van der Waals surface area contributed by atoms with Gasteiger partial charge in [-0.15, -0.1) is 11.8 Å². The minimum absolute atomic E-state index is 0.0368. The lowest BCUT2D eigenvalue weighted by Gasteiger charge is -2.26. The standard InChI is InChI=1S/C16H19NO3S/c18-15(17-13-7-3-6-12(13)16(19)20)14-11-5-2-1-4-10(11)8-9-21-14/h1-2,4-5,12-14H,3,6-9H2,(H,17,18)(H,19,20)/t12-,13+,14?/m1/s1. The molecule has 3 atom stereocenters. The molecular weight excluding hydrogens is 286 g/mol. The monoisotopic (exact) mass is 305 g/mol. The highest BCUT2D eigenvalue weighted by molar-refractivity contribution is 8.00. The van der Waals surface area contributed by atoms with E-state index in [1.165, 1.54) is 5.56 Å². The van der Waals surface area contributed by atoms with Crippen LogP contribution in [0, 0.1) is 5.92 Å². The number of benzene rings is 1. The van der Waals surface area contributed by atoms with Crippen molar-refractivity contribution in [3.63, 3.8) is 0 Å². The number of aliphatic carboxylic acids is 1. The SMILES string of the molecule is O=C(N[C@H]1CCC[C@H]1C(=O)O)C1SCCc2ccccc21. The molecule has 2 aliphatic rings. The molecule has 0 bridgehead atoms. The van der Waals surface area contributed by atoms with Crippen molar-refractivity contribution in [1.29, 1.82) is 0 Å². The number of thioether (sulfide) groups is 1. The van der Waals surface area contributed by atoms with E-state index in [1.807, 2.05) is 18.2 Å². The van der Waals surface area contributed by atoms with Crippen molar-refractivity contribution in [3.05, 3.63) is 35.4 Å². The van der Waals surface area contributed by atoms with Crippen LogP contribution in [0.2, 0.25) is 0 Å². The van der Waals surface area contributed by atoms with Gasteiger partial charge in [0.05, 0.1) is 5.92 Å². The molecule has 3 rings (SSSR count). The maximum atomic E-state index is 12.6. The fourth-order valence-electron chi connectivity index (χ4n) is 3.30. The van der Waals surface area contributed by atoms with E-state index in [-0.39, 0.29) is 17.2 Å². The highest BCUT2D eigenvalue weighted by atomic mass is 32.2. The lowest BCUT2D eigenvalue weighted by molar-refractivity contribution is -0.142. The van der Waals surface area contributed by atoms with E-state index in [0.29, 0.717) is 6.42 Å². The minimum atomic E-state index is -0.797. The maximum Gasteiger partial charge on any atom is 0.308 e. The second kappa shape index (κ2) is 6.10. The fourth-order valence-corrected chi connectivity index (χ4v) is 4.50. The lowest BCUT2D eigenvalue weighted by atomic mass is 10.00. The van der Waals surface area contributed by atoms with Gasteiger partial charge in [0.2, 0.25) is 5.91 Å². The van der Waals surface area contributed by atoms with Crippen LogP contribution in [0.5, 0.6) is 0 Å². The second-order valence-electron chi connectivity index (χ2n) is 5.69. The molecule has 0 radical (unpaired) electrons. The van der Waals surface area contributed by atoms with Gasteiger partial charge >= 0.3 is 5.97 Å². The second-order valence-corrected chi connectivity index (χ2v) is 6.90. The number of aryl methyl sites for hydroxylation is 1. The summed E-state index contributed by atoms with van der Waals surface area (Å²) in [5.41, 5.74) is 2.31. The molecule has 1 aliphatic carbocycles. The molecule has 5 heteroatoms. The number of hydrogen-bond acceptors (Lipinski definition) is 3. The summed E-state index contributed by atoms with van der Waals surface area (Å²) in [6.07, 6.45) is 3.29. The predicted octanol–water partition coefficient (Wildman–Crippen LogP) is 2.39. The topological polar surface area (TPSA) is 66.4 Å². The largest absolute Gasteiger partial charge is 0.481 e. The van der Waals surface area contributed by atoms with Crippen LogP contribution in [-0.4, -0.2) is 28.8 Å². The molecular formula is C16H19NO3S. The molecule has 1 aromatic rings. The highest BCUT2D eigenvalue weighted by Gasteiger charge is 2.36. The number of hydrogen-bond donors (Lipinski definition) is 2. The number of carboxylic acid groups (broad SMARTS) is 1. The maximum absolute atomic E-state index is 12.6. The molecule has 1 fully saturated rings. The molecule has 1 amide bonds. The first kappa shape index (κ1) is 14.4. The normalized spacial score (nSPS) is 27.9. The van der Waals surface area contributed by atoms with Crippen molar-refractivity contribution >= 4 is 23.6 Å². The van der Waals surface area contributed by atoms with Gasteiger partial charge in [0, 0.05) is 6.04 Å². The summed E-state index contributed by atoms with van der Waals surface area (Å²) >= 11 is 1.65. The Balaban J connectivity index is 1.73. The van der Waals surface area contributed by atoms with Gasteiger partial charge in [-0.3, -0.25) is 9.59 Å². The average molecular weight is 305 g/mol. The number of carbonyl (C=O) groups excluding carboxylic acids is 1. The Morgan fingerprint density at radius 3 is 2.86 bits per heavy atom. The van der Waals surface area contributed by atoms with Gasteiger partial charge in [-0.25, -0.2) is 0 Å². The Morgan fingerprint density at radius 2 is 2.05 bits per heavy atom. The zero-order chi connectivity index (χ0) is 14.8. The minimum Gasteiger partial charge on any atom is -0.481 e. The zero-order valence-electron chi connectivity index (χ0n) is 11.7. The molecule has 112 valence electrons. The Hall–Kier alpha value is -1.49. The van der Waals surface area contributed by atoms with Gasteiger partial charge < -0.3 is 10.4 Å². The summed E-state index contributed by atoms with van der Waals surface area (Å²) < 4.78 is 0. The Kier molecular flexibility index (Phi) is 4.19. The summed E-state index contributed by atoms with van der Waals surface area (Å²) in [4.78, 5) is 23.8. The van der Waals surface area contributed by atoms with Crippen LogP contribution in [0.15, 0.2) is 24.3 Å². The predicted molar refractivity (Wildman–Crippen MR) is 82.3 cm³/mol. The first-order chi connectivity index (χ1) is 10.2. The van der Waals surface area contributed by atoms with Crippen molar-refractivity contribution < 1.29 is 14.7 Å². The third-order valence-corrected chi connectivity index (χ3v) is 5.63. The van der Waals surface area contributed by atoms with E-state index in [9.17, 15) is 14.7 Å². The molecule has 4 nitrogen and oxygen atoms in total. The Morgan fingerprint density at radius 1 is 1.24 bits per heavy atom. The van der Waals surface area contributed by atoms with Crippen molar-refractivity contribution in [1.82, 2.24) is 5.32 Å². The first-order valence-corrected chi connectivity index (χ1v) is 8.44. The van der Waals surface area contributed by atoms with Crippen LogP contribution in [-0.2, 0) is 16.0 Å². The summed E-state index contributed by atoms with van der Waals surface area (Å²) in [5, 5.41) is 12.0. The van der Waals surface area contributed by atoms with Crippen LogP contribution in [0.3, 0.4) is 0 Å². The molecule has 1 aliphatic heterocycles. The van der Waals surface area contributed by atoms with E-state index in [2.05, 4.69) is 11.4 Å². The number of carbonyl (C=O) groups is 2. The number of amides is 1. The zero-order valence-corrected chi connectivity index (χ0v) is 12.6. The smallest absolute Gasteiger partial charge is 0.308 e. The first-order valence-electron chi connectivity index (χ1n) is 7.39. The molecule has 1 saturated carbocycles. The van der Waals surface area contributed by atoms with Crippen molar-refractivity contribution in [3.8, 4) is 0 Å². The van der Waals surface area contributed by atoms with Crippen molar-refractivity contribution in [2.24, 2.45) is 5.92 Å². The van der Waals surface area contributed by atoms with Crippen LogP contribution >= 0.6 is 11.8 Å². The summed E-state index contributed by atoms with van der Waals surface area (Å²) in [7, 11) is 0. The van der Waals surface area contributed by atoms with E-state index in [0.717, 1.165) is 30.6 Å². The number of carboxylic acids is 1. The van der Waals surface area contributed by atoms with E-state index < -0.39 is 11.9 Å². The summed E-state index contributed by atoms with van der Waals surface area (Å²) in [5.74, 6) is -0.333. The Bertz CT molecular complexity index is 560. The molecule has 1 unspecified atom stereocenters. The molecule has 0 saturated heterocycles. The van der Waals surface area contributed by atoms with E-state index in [4.69, 9.17) is 0 Å². The number of rotatable bonds is 3. The van der Waals surface area contributed by atoms with Crippen LogP contribution < -0.4 is 5.32 Å². The molecule has 0 spiro atoms. The number of fused-ring (bicyclic) bond motifs is 1. The molecule has 1 heterocycles. The highest BCUT2D eigenvalue weighted by Crippen LogP contribution is 2.37. The fraction of sp³-hybridized carbons (Fsp3) is 0.500. The molecule has 21 heavy (non-hydrogen) atoms.